The molecule has 2 rings (SSSR count). The van der Waals surface area contributed by atoms with Gasteiger partial charge >= 0.3 is 0 Å². The summed E-state index contributed by atoms with van der Waals surface area (Å²) in [6.45, 7) is 3.97. The molecule has 6 heteroatoms. The first kappa shape index (κ1) is 17.6. The molecule has 1 aliphatic rings. The number of carbonyl (C=O) groups is 2. The van der Waals surface area contributed by atoms with Crippen molar-refractivity contribution in [2.45, 2.75) is 18.9 Å². The third kappa shape index (κ3) is 5.79. The van der Waals surface area contributed by atoms with Crippen molar-refractivity contribution in [1.29, 1.82) is 0 Å². The second kappa shape index (κ2) is 8.76. The summed E-state index contributed by atoms with van der Waals surface area (Å²) in [4.78, 5) is 23.2. The number of nitrogens with one attached hydrogen (secondary N) is 2. The fourth-order valence-corrected chi connectivity index (χ4v) is 1.96. The van der Waals surface area contributed by atoms with Gasteiger partial charge in [-0.3, -0.25) is 9.59 Å². The molecule has 0 aromatic heterocycles. The van der Waals surface area contributed by atoms with Gasteiger partial charge in [0.25, 0.3) is 0 Å². The van der Waals surface area contributed by atoms with E-state index in [0.717, 1.165) is 18.4 Å². The van der Waals surface area contributed by atoms with Crippen LogP contribution in [0.1, 0.15) is 18.4 Å². The molecule has 0 bridgehead atoms. The molecule has 0 heterocycles. The lowest BCUT2D eigenvalue weighted by atomic mass is 10.2. The van der Waals surface area contributed by atoms with Crippen LogP contribution in [-0.4, -0.2) is 38.1 Å². The number of benzene rings is 1. The van der Waals surface area contributed by atoms with E-state index in [4.69, 9.17) is 9.47 Å². The number of rotatable bonds is 9. The van der Waals surface area contributed by atoms with Crippen LogP contribution in [0.15, 0.2) is 36.9 Å². The lowest BCUT2D eigenvalue weighted by molar-refractivity contribution is -0.124. The Morgan fingerprint density at radius 1 is 1.33 bits per heavy atom. The summed E-state index contributed by atoms with van der Waals surface area (Å²) < 4.78 is 10.7. The SMILES string of the molecule is C=CCOc1ccc(/C=C/C(=O)NCC(=O)NC2CC2)cc1OC. The quantitative estimate of drug-likeness (QED) is 0.533. The molecule has 1 aliphatic carbocycles. The van der Waals surface area contributed by atoms with E-state index in [1.165, 1.54) is 6.08 Å². The Morgan fingerprint density at radius 2 is 2.12 bits per heavy atom. The first-order valence-electron chi connectivity index (χ1n) is 7.79. The molecule has 0 aliphatic heterocycles. The second-order valence-corrected chi connectivity index (χ2v) is 5.40. The third-order valence-electron chi connectivity index (χ3n) is 3.34. The highest BCUT2D eigenvalue weighted by molar-refractivity contribution is 5.94. The molecule has 1 saturated carbocycles. The van der Waals surface area contributed by atoms with Gasteiger partial charge in [0.05, 0.1) is 13.7 Å². The van der Waals surface area contributed by atoms with Crippen molar-refractivity contribution in [3.8, 4) is 11.5 Å². The Morgan fingerprint density at radius 3 is 2.79 bits per heavy atom. The van der Waals surface area contributed by atoms with Gasteiger partial charge in [0, 0.05) is 12.1 Å². The average Bonchev–Trinajstić information content (AvgIpc) is 3.40. The first-order chi connectivity index (χ1) is 11.6. The zero-order valence-corrected chi connectivity index (χ0v) is 13.7. The molecule has 1 aromatic carbocycles. The van der Waals surface area contributed by atoms with Crippen molar-refractivity contribution < 1.29 is 19.1 Å². The van der Waals surface area contributed by atoms with E-state index < -0.39 is 0 Å². The summed E-state index contributed by atoms with van der Waals surface area (Å²) in [7, 11) is 1.55. The third-order valence-corrected chi connectivity index (χ3v) is 3.34. The normalized spacial score (nSPS) is 13.4. The molecule has 128 valence electrons. The van der Waals surface area contributed by atoms with Gasteiger partial charge in [0.2, 0.25) is 11.8 Å². The maximum atomic E-state index is 11.7. The van der Waals surface area contributed by atoms with Crippen molar-refractivity contribution in [2.75, 3.05) is 20.3 Å². The molecular formula is C18H22N2O4. The molecule has 0 radical (unpaired) electrons. The highest BCUT2D eigenvalue weighted by atomic mass is 16.5. The summed E-state index contributed by atoms with van der Waals surface area (Å²) in [6.07, 6.45) is 6.72. The Balaban J connectivity index is 1.86. The van der Waals surface area contributed by atoms with E-state index in [9.17, 15) is 9.59 Å². The van der Waals surface area contributed by atoms with Crippen LogP contribution in [0.25, 0.3) is 6.08 Å². The minimum atomic E-state index is -0.327. The van der Waals surface area contributed by atoms with Crippen molar-refractivity contribution in [3.05, 3.63) is 42.5 Å². The van der Waals surface area contributed by atoms with Crippen LogP contribution in [0, 0.1) is 0 Å². The van der Waals surface area contributed by atoms with E-state index in [1.54, 1.807) is 31.4 Å². The van der Waals surface area contributed by atoms with Crippen LogP contribution in [0.4, 0.5) is 0 Å². The van der Waals surface area contributed by atoms with E-state index in [2.05, 4.69) is 17.2 Å². The van der Waals surface area contributed by atoms with E-state index in [0.29, 0.717) is 24.1 Å². The standard InChI is InChI=1S/C18H22N2O4/c1-3-10-24-15-8-4-13(11-16(15)23-2)5-9-17(21)19-12-18(22)20-14-6-7-14/h3-5,8-9,11,14H,1,6-7,10,12H2,2H3,(H,19,21)(H,20,22)/b9-5+. The largest absolute Gasteiger partial charge is 0.493 e. The molecule has 0 saturated heterocycles. The molecule has 1 fully saturated rings. The fourth-order valence-electron chi connectivity index (χ4n) is 1.96. The van der Waals surface area contributed by atoms with Gasteiger partial charge in [-0.05, 0) is 36.6 Å². The highest BCUT2D eigenvalue weighted by Gasteiger charge is 2.22. The van der Waals surface area contributed by atoms with Gasteiger partial charge in [-0.25, -0.2) is 0 Å². The molecule has 0 spiro atoms. The lowest BCUT2D eigenvalue weighted by Crippen LogP contribution is -2.37. The molecule has 24 heavy (non-hydrogen) atoms. The molecule has 1 aromatic rings. The van der Waals surface area contributed by atoms with E-state index in [1.807, 2.05) is 6.07 Å². The van der Waals surface area contributed by atoms with Gasteiger partial charge < -0.3 is 20.1 Å². The van der Waals surface area contributed by atoms with Crippen molar-refractivity contribution in [2.24, 2.45) is 0 Å². The summed E-state index contributed by atoms with van der Waals surface area (Å²) in [5.74, 6) is 0.690. The Kier molecular flexibility index (Phi) is 6.42. The molecule has 6 nitrogen and oxygen atoms in total. The minimum Gasteiger partial charge on any atom is -0.493 e. The van der Waals surface area contributed by atoms with E-state index in [-0.39, 0.29) is 18.4 Å². The van der Waals surface area contributed by atoms with Gasteiger partial charge in [-0.1, -0.05) is 18.7 Å². The van der Waals surface area contributed by atoms with Crippen LogP contribution in [0.5, 0.6) is 11.5 Å². The van der Waals surface area contributed by atoms with Crippen LogP contribution in [0.2, 0.25) is 0 Å². The Labute approximate surface area is 141 Å². The maximum absolute atomic E-state index is 11.7. The van der Waals surface area contributed by atoms with Crippen LogP contribution >= 0.6 is 0 Å². The number of ether oxygens (including phenoxy) is 2. The monoisotopic (exact) mass is 330 g/mol. The first-order valence-corrected chi connectivity index (χ1v) is 7.79. The zero-order valence-electron chi connectivity index (χ0n) is 13.7. The number of hydrogen-bond acceptors (Lipinski definition) is 4. The smallest absolute Gasteiger partial charge is 0.244 e. The zero-order chi connectivity index (χ0) is 17.4. The number of carbonyl (C=O) groups excluding carboxylic acids is 2. The van der Waals surface area contributed by atoms with Gasteiger partial charge in [-0.2, -0.15) is 0 Å². The van der Waals surface area contributed by atoms with Crippen LogP contribution < -0.4 is 20.1 Å². The predicted octanol–water partition coefficient (Wildman–Crippen LogP) is 1.67. The lowest BCUT2D eigenvalue weighted by Gasteiger charge is -2.09. The summed E-state index contributed by atoms with van der Waals surface area (Å²) >= 11 is 0. The van der Waals surface area contributed by atoms with Crippen molar-refractivity contribution in [1.82, 2.24) is 10.6 Å². The van der Waals surface area contributed by atoms with E-state index >= 15 is 0 Å². The Hall–Kier alpha value is -2.76. The van der Waals surface area contributed by atoms with Gasteiger partial charge in [0.15, 0.2) is 11.5 Å². The number of amides is 2. The summed E-state index contributed by atoms with van der Waals surface area (Å²) in [6, 6.07) is 5.63. The summed E-state index contributed by atoms with van der Waals surface area (Å²) in [5.41, 5.74) is 0.787. The molecular weight excluding hydrogens is 308 g/mol. The highest BCUT2D eigenvalue weighted by Crippen LogP contribution is 2.28. The van der Waals surface area contributed by atoms with Crippen LogP contribution in [-0.2, 0) is 9.59 Å². The second-order valence-electron chi connectivity index (χ2n) is 5.40. The number of methoxy groups -OCH3 is 1. The van der Waals surface area contributed by atoms with Crippen molar-refractivity contribution >= 4 is 17.9 Å². The van der Waals surface area contributed by atoms with Gasteiger partial charge in [0.1, 0.15) is 6.61 Å². The average molecular weight is 330 g/mol. The topological polar surface area (TPSA) is 76.7 Å². The van der Waals surface area contributed by atoms with Crippen molar-refractivity contribution in [3.63, 3.8) is 0 Å². The van der Waals surface area contributed by atoms with Gasteiger partial charge in [-0.15, -0.1) is 0 Å². The predicted molar refractivity (Wildman–Crippen MR) is 91.9 cm³/mol. The molecule has 2 amide bonds. The summed E-state index contributed by atoms with van der Waals surface area (Å²) in [5, 5.41) is 5.35. The fraction of sp³-hybridized carbons (Fsp3) is 0.333. The maximum Gasteiger partial charge on any atom is 0.244 e. The molecule has 0 unspecified atom stereocenters. The van der Waals surface area contributed by atoms with Crippen LogP contribution in [0.3, 0.4) is 0 Å². The molecule has 2 N–H and O–H groups in total. The number of hydrogen-bond donors (Lipinski definition) is 2. The minimum absolute atomic E-state index is 0.0165. The Bertz CT molecular complexity index is 636. The molecule has 0 atom stereocenters.